The van der Waals surface area contributed by atoms with Gasteiger partial charge in [-0.05, 0) is 24.1 Å². The number of hydrogen-bond donors (Lipinski definition) is 1. The summed E-state index contributed by atoms with van der Waals surface area (Å²) in [6.45, 7) is 8.10. The molecule has 1 aromatic carbocycles. The first kappa shape index (κ1) is 17.0. The Labute approximate surface area is 117 Å². The Morgan fingerprint density at radius 1 is 1.17 bits per heavy atom. The van der Waals surface area contributed by atoms with E-state index >= 15 is 0 Å². The number of nitrogens with one attached hydrogen (secondary N) is 1. The van der Waals surface area contributed by atoms with Gasteiger partial charge in [0.05, 0.1) is 0 Å². The number of rotatable bonds is 5. The van der Waals surface area contributed by atoms with Crippen LogP contribution in [0.15, 0.2) is 36.4 Å². The van der Waals surface area contributed by atoms with E-state index in [1.54, 1.807) is 0 Å². The average molecular weight is 270 g/mol. The molecule has 1 N–H and O–H groups in total. The van der Waals surface area contributed by atoms with Crippen molar-refractivity contribution in [2.75, 3.05) is 20.2 Å². The minimum absolute atomic E-state index is 0. The third kappa shape index (κ3) is 5.56. The summed E-state index contributed by atoms with van der Waals surface area (Å²) in [6.07, 6.45) is 4.11. The summed E-state index contributed by atoms with van der Waals surface area (Å²) in [5.74, 6) is 0.981. The molecule has 2 nitrogen and oxygen atoms in total. The van der Waals surface area contributed by atoms with Gasteiger partial charge in [0, 0.05) is 6.54 Å². The van der Waals surface area contributed by atoms with E-state index in [9.17, 15) is 0 Å². The molecule has 0 heterocycles. The minimum Gasteiger partial charge on any atom is -0.489 e. The first-order chi connectivity index (χ1) is 8.05. The molecule has 0 aliphatic carbocycles. The maximum atomic E-state index is 5.80. The largest absolute Gasteiger partial charge is 0.489 e. The Hall–Kier alpha value is -0.990. The molecule has 1 aromatic rings. The summed E-state index contributed by atoms with van der Waals surface area (Å²) in [4.78, 5) is 0. The molecule has 0 amide bonds. The summed E-state index contributed by atoms with van der Waals surface area (Å²) in [6, 6.07) is 8.24. The zero-order valence-corrected chi connectivity index (χ0v) is 12.5. The molecule has 0 spiro atoms. The van der Waals surface area contributed by atoms with Crippen LogP contribution in [0.2, 0.25) is 0 Å². The molecule has 0 saturated heterocycles. The van der Waals surface area contributed by atoms with Crippen molar-refractivity contribution in [2.45, 2.75) is 26.2 Å². The van der Waals surface area contributed by atoms with E-state index < -0.39 is 0 Å². The second kappa shape index (κ2) is 8.17. The predicted molar refractivity (Wildman–Crippen MR) is 81.0 cm³/mol. The van der Waals surface area contributed by atoms with E-state index in [0.29, 0.717) is 6.61 Å². The highest BCUT2D eigenvalue weighted by Crippen LogP contribution is 2.30. The van der Waals surface area contributed by atoms with Gasteiger partial charge in [-0.1, -0.05) is 51.1 Å². The van der Waals surface area contributed by atoms with Gasteiger partial charge in [0.15, 0.2) is 0 Å². The van der Waals surface area contributed by atoms with Crippen molar-refractivity contribution in [3.8, 4) is 5.75 Å². The van der Waals surface area contributed by atoms with Gasteiger partial charge in [0.1, 0.15) is 12.4 Å². The van der Waals surface area contributed by atoms with Crippen molar-refractivity contribution < 1.29 is 4.74 Å². The fourth-order valence-electron chi connectivity index (χ4n) is 1.62. The number of halogens is 1. The molecule has 0 radical (unpaired) electrons. The van der Waals surface area contributed by atoms with E-state index in [4.69, 9.17) is 4.74 Å². The van der Waals surface area contributed by atoms with Gasteiger partial charge in [0.25, 0.3) is 0 Å². The van der Waals surface area contributed by atoms with Crippen LogP contribution < -0.4 is 10.1 Å². The summed E-state index contributed by atoms with van der Waals surface area (Å²) >= 11 is 0. The maximum absolute atomic E-state index is 5.80. The molecule has 102 valence electrons. The third-order valence-electron chi connectivity index (χ3n) is 2.52. The summed E-state index contributed by atoms with van der Waals surface area (Å²) in [5.41, 5.74) is 1.37. The standard InChI is InChI=1S/C15H23NO.ClH/c1-15(2,3)13-9-5-6-10-14(13)17-12-8-7-11-16-4;/h5-10,16H,11-12H2,1-4H3;1H/b8-7+;. The second-order valence-corrected chi connectivity index (χ2v) is 5.09. The second-order valence-electron chi connectivity index (χ2n) is 5.09. The van der Waals surface area contributed by atoms with E-state index in [1.165, 1.54) is 5.56 Å². The molecule has 3 heteroatoms. The molecule has 0 aliphatic rings. The summed E-state index contributed by atoms with van der Waals surface area (Å²) in [7, 11) is 1.93. The van der Waals surface area contributed by atoms with Crippen molar-refractivity contribution >= 4 is 12.4 Å². The quantitative estimate of drug-likeness (QED) is 0.826. The number of ether oxygens (including phenoxy) is 1. The lowest BCUT2D eigenvalue weighted by Gasteiger charge is -2.22. The summed E-state index contributed by atoms with van der Waals surface area (Å²) < 4.78 is 5.80. The smallest absolute Gasteiger partial charge is 0.123 e. The van der Waals surface area contributed by atoms with Crippen LogP contribution in [0.5, 0.6) is 5.75 Å². The Balaban J connectivity index is 0.00000289. The lowest BCUT2D eigenvalue weighted by atomic mass is 9.86. The van der Waals surface area contributed by atoms with Gasteiger partial charge in [-0.3, -0.25) is 0 Å². The van der Waals surface area contributed by atoms with Gasteiger partial charge in [-0.15, -0.1) is 12.4 Å². The van der Waals surface area contributed by atoms with Gasteiger partial charge >= 0.3 is 0 Å². The molecule has 0 unspecified atom stereocenters. The lowest BCUT2D eigenvalue weighted by molar-refractivity contribution is 0.350. The van der Waals surface area contributed by atoms with Crippen molar-refractivity contribution in [3.63, 3.8) is 0 Å². The molecule has 0 bridgehead atoms. The van der Waals surface area contributed by atoms with Crippen LogP contribution in [-0.2, 0) is 5.41 Å². The van der Waals surface area contributed by atoms with Gasteiger partial charge in [0.2, 0.25) is 0 Å². The van der Waals surface area contributed by atoms with E-state index in [2.05, 4.69) is 44.3 Å². The van der Waals surface area contributed by atoms with Crippen molar-refractivity contribution in [3.05, 3.63) is 42.0 Å². The van der Waals surface area contributed by atoms with Gasteiger partial charge in [-0.25, -0.2) is 0 Å². The first-order valence-corrected chi connectivity index (χ1v) is 6.07. The van der Waals surface area contributed by atoms with Crippen LogP contribution in [0.4, 0.5) is 0 Å². The number of benzene rings is 1. The molecule has 18 heavy (non-hydrogen) atoms. The number of hydrogen-bond acceptors (Lipinski definition) is 2. The molecular formula is C15H24ClNO. The molecule has 0 fully saturated rings. The van der Waals surface area contributed by atoms with Crippen LogP contribution in [0.3, 0.4) is 0 Å². The van der Waals surface area contributed by atoms with Crippen molar-refractivity contribution in [1.29, 1.82) is 0 Å². The van der Waals surface area contributed by atoms with Crippen LogP contribution in [-0.4, -0.2) is 20.2 Å². The van der Waals surface area contributed by atoms with Crippen LogP contribution in [0, 0.1) is 0 Å². The SMILES string of the molecule is CNC/C=C/COc1ccccc1C(C)(C)C.Cl. The Kier molecular flexibility index (Phi) is 7.72. The summed E-state index contributed by atoms with van der Waals surface area (Å²) in [5, 5.41) is 3.06. The maximum Gasteiger partial charge on any atom is 0.123 e. The molecule has 0 saturated carbocycles. The highest BCUT2D eigenvalue weighted by molar-refractivity contribution is 5.85. The van der Waals surface area contributed by atoms with Crippen LogP contribution >= 0.6 is 12.4 Å². The Bertz CT molecular complexity index is 369. The normalized spacial score (nSPS) is 11.3. The predicted octanol–water partition coefficient (Wildman–Crippen LogP) is 3.56. The van der Waals surface area contributed by atoms with E-state index in [1.807, 2.05) is 25.3 Å². The Morgan fingerprint density at radius 3 is 2.44 bits per heavy atom. The third-order valence-corrected chi connectivity index (χ3v) is 2.52. The van der Waals surface area contributed by atoms with E-state index in [0.717, 1.165) is 12.3 Å². The Morgan fingerprint density at radius 2 is 1.83 bits per heavy atom. The fourth-order valence-corrected chi connectivity index (χ4v) is 1.62. The fraction of sp³-hybridized carbons (Fsp3) is 0.467. The highest BCUT2D eigenvalue weighted by atomic mass is 35.5. The highest BCUT2D eigenvalue weighted by Gasteiger charge is 2.17. The van der Waals surface area contributed by atoms with E-state index in [-0.39, 0.29) is 17.8 Å². The number of para-hydroxylation sites is 1. The van der Waals surface area contributed by atoms with Gasteiger partial charge < -0.3 is 10.1 Å². The molecule has 0 atom stereocenters. The zero-order valence-electron chi connectivity index (χ0n) is 11.7. The molecule has 0 aliphatic heterocycles. The van der Waals surface area contributed by atoms with Crippen LogP contribution in [0.1, 0.15) is 26.3 Å². The van der Waals surface area contributed by atoms with Crippen molar-refractivity contribution in [2.24, 2.45) is 0 Å². The zero-order chi connectivity index (χ0) is 12.7. The monoisotopic (exact) mass is 269 g/mol. The van der Waals surface area contributed by atoms with Crippen molar-refractivity contribution in [1.82, 2.24) is 5.32 Å². The molecule has 1 rings (SSSR count). The number of likely N-dealkylation sites (N-methyl/N-ethyl adjacent to an activating group) is 1. The minimum atomic E-state index is 0. The average Bonchev–Trinajstić information content (AvgIpc) is 2.28. The lowest BCUT2D eigenvalue weighted by Crippen LogP contribution is -2.13. The first-order valence-electron chi connectivity index (χ1n) is 6.07. The molecule has 0 aromatic heterocycles. The molecular weight excluding hydrogens is 246 g/mol. The van der Waals surface area contributed by atoms with Gasteiger partial charge in [-0.2, -0.15) is 0 Å². The van der Waals surface area contributed by atoms with Crippen LogP contribution in [0.25, 0.3) is 0 Å². The topological polar surface area (TPSA) is 21.3 Å².